The standard InChI is InChI=1S/C30H18N3O7P/c34-25-10-11-26(35)31(25)19-4-1-7-22(16-19)41(40,23-8-2-5-20(17-23)32-27(36)12-13-28(32)37)24-9-3-6-21(18-24)33-29(38)14-15-30(33)39/h1-18H. The summed E-state index contributed by atoms with van der Waals surface area (Å²) in [6.45, 7) is 0. The topological polar surface area (TPSA) is 129 Å². The third kappa shape index (κ3) is 4.18. The zero-order valence-corrected chi connectivity index (χ0v) is 21.9. The van der Waals surface area contributed by atoms with Gasteiger partial charge in [-0.3, -0.25) is 28.8 Å². The van der Waals surface area contributed by atoms with Crippen LogP contribution < -0.4 is 30.6 Å². The lowest BCUT2D eigenvalue weighted by Gasteiger charge is -2.24. The molecule has 3 aromatic carbocycles. The van der Waals surface area contributed by atoms with Gasteiger partial charge in [-0.05, 0) is 36.4 Å². The molecule has 3 aromatic rings. The van der Waals surface area contributed by atoms with Crippen LogP contribution in [-0.2, 0) is 33.3 Å². The number of nitrogens with zero attached hydrogens (tertiary/aromatic N) is 3. The Bertz CT molecular complexity index is 1610. The molecule has 0 saturated carbocycles. The molecule has 6 rings (SSSR count). The largest absolute Gasteiger partial charge is 0.309 e. The van der Waals surface area contributed by atoms with Gasteiger partial charge in [0.15, 0.2) is 7.14 Å². The van der Waals surface area contributed by atoms with E-state index in [0.29, 0.717) is 0 Å². The third-order valence-electron chi connectivity index (χ3n) is 6.78. The van der Waals surface area contributed by atoms with E-state index < -0.39 is 42.6 Å². The van der Waals surface area contributed by atoms with Gasteiger partial charge in [0.1, 0.15) is 0 Å². The van der Waals surface area contributed by atoms with E-state index in [-0.39, 0.29) is 33.0 Å². The Morgan fingerprint density at radius 2 is 0.634 bits per heavy atom. The van der Waals surface area contributed by atoms with Crippen LogP contribution in [0.4, 0.5) is 17.1 Å². The maximum absolute atomic E-state index is 15.4. The second-order valence-corrected chi connectivity index (χ2v) is 12.0. The van der Waals surface area contributed by atoms with Crippen molar-refractivity contribution in [1.82, 2.24) is 0 Å². The highest BCUT2D eigenvalue weighted by Crippen LogP contribution is 2.45. The lowest BCUT2D eigenvalue weighted by atomic mass is 10.3. The average molecular weight is 563 g/mol. The van der Waals surface area contributed by atoms with Crippen LogP contribution in [0.3, 0.4) is 0 Å². The van der Waals surface area contributed by atoms with Crippen molar-refractivity contribution in [2.75, 3.05) is 14.7 Å². The SMILES string of the molecule is O=C1C=CC(=O)N1c1cccc(P(=O)(c2cccc(N3C(=O)C=CC3=O)c2)c2cccc(N3C(=O)C=CC3=O)c2)c1. The summed E-state index contributed by atoms with van der Waals surface area (Å²) in [4.78, 5) is 77.2. The molecule has 3 aliphatic rings. The molecule has 0 unspecified atom stereocenters. The molecule has 0 radical (unpaired) electrons. The molecule has 3 aliphatic heterocycles. The molecule has 0 spiro atoms. The first-order valence-corrected chi connectivity index (χ1v) is 14.0. The van der Waals surface area contributed by atoms with Crippen molar-refractivity contribution in [2.45, 2.75) is 0 Å². The minimum absolute atomic E-state index is 0.193. The van der Waals surface area contributed by atoms with Crippen molar-refractivity contribution in [1.29, 1.82) is 0 Å². The van der Waals surface area contributed by atoms with Crippen LogP contribution in [0.25, 0.3) is 0 Å². The number of imide groups is 3. The highest BCUT2D eigenvalue weighted by atomic mass is 31.2. The smallest absolute Gasteiger partial charge is 0.258 e. The molecule has 0 saturated heterocycles. The summed E-state index contributed by atoms with van der Waals surface area (Å²) in [5.74, 6) is -3.32. The summed E-state index contributed by atoms with van der Waals surface area (Å²) < 4.78 is 15.4. The molecule has 200 valence electrons. The lowest BCUT2D eigenvalue weighted by molar-refractivity contribution is -0.121. The number of carbonyl (C=O) groups excluding carboxylic acids is 6. The van der Waals surface area contributed by atoms with Crippen LogP contribution >= 0.6 is 7.14 Å². The summed E-state index contributed by atoms with van der Waals surface area (Å²) >= 11 is 0. The van der Waals surface area contributed by atoms with Crippen molar-refractivity contribution >= 4 is 75.6 Å². The monoisotopic (exact) mass is 563 g/mol. The molecular weight excluding hydrogens is 545 g/mol. The molecule has 11 heteroatoms. The lowest BCUT2D eigenvalue weighted by Crippen LogP contribution is -2.33. The normalized spacial score (nSPS) is 16.7. The van der Waals surface area contributed by atoms with Crippen LogP contribution in [-0.4, -0.2) is 35.4 Å². The summed E-state index contributed by atoms with van der Waals surface area (Å²) in [6.07, 6.45) is 6.82. The fourth-order valence-electron chi connectivity index (χ4n) is 4.90. The molecule has 10 nitrogen and oxygen atoms in total. The van der Waals surface area contributed by atoms with Crippen LogP contribution in [0.5, 0.6) is 0 Å². The fraction of sp³-hybridized carbons (Fsp3) is 0. The van der Waals surface area contributed by atoms with E-state index in [0.717, 1.165) is 51.2 Å². The van der Waals surface area contributed by atoms with Crippen LogP contribution in [0.2, 0.25) is 0 Å². The van der Waals surface area contributed by atoms with E-state index in [2.05, 4.69) is 0 Å². The maximum Gasteiger partial charge on any atom is 0.258 e. The highest BCUT2D eigenvalue weighted by molar-refractivity contribution is 7.85. The molecule has 0 aromatic heterocycles. The Hall–Kier alpha value is -5.47. The van der Waals surface area contributed by atoms with Crippen molar-refractivity contribution in [3.63, 3.8) is 0 Å². The summed E-state index contributed by atoms with van der Waals surface area (Å²) in [6, 6.07) is 18.4. The van der Waals surface area contributed by atoms with Gasteiger partial charge < -0.3 is 4.57 Å². The molecule has 0 aliphatic carbocycles. The van der Waals surface area contributed by atoms with Crippen LogP contribution in [0.1, 0.15) is 0 Å². The molecule has 0 bridgehead atoms. The average Bonchev–Trinajstić information content (AvgIpc) is 3.62. The molecule has 3 heterocycles. The van der Waals surface area contributed by atoms with Gasteiger partial charge in [0, 0.05) is 52.4 Å². The Morgan fingerprint density at radius 3 is 0.878 bits per heavy atom. The number of amides is 6. The second-order valence-electron chi connectivity index (χ2n) is 9.20. The first-order chi connectivity index (χ1) is 19.7. The fourth-order valence-corrected chi connectivity index (χ4v) is 7.62. The molecule has 6 amide bonds. The van der Waals surface area contributed by atoms with E-state index in [9.17, 15) is 28.8 Å². The quantitative estimate of drug-likeness (QED) is 0.329. The first-order valence-electron chi connectivity index (χ1n) is 12.3. The Balaban J connectivity index is 1.54. The molecule has 0 fully saturated rings. The van der Waals surface area contributed by atoms with Gasteiger partial charge in [0.2, 0.25) is 0 Å². The summed E-state index contributed by atoms with van der Waals surface area (Å²) in [5.41, 5.74) is 0.578. The minimum Gasteiger partial charge on any atom is -0.309 e. The third-order valence-corrected chi connectivity index (χ3v) is 9.80. The minimum atomic E-state index is -3.91. The first kappa shape index (κ1) is 25.8. The van der Waals surface area contributed by atoms with Gasteiger partial charge in [-0.1, -0.05) is 36.4 Å². The van der Waals surface area contributed by atoms with Gasteiger partial charge in [0.05, 0.1) is 17.1 Å². The number of carbonyl (C=O) groups is 6. The highest BCUT2D eigenvalue weighted by Gasteiger charge is 2.35. The van der Waals surface area contributed by atoms with Crippen molar-refractivity contribution in [2.24, 2.45) is 0 Å². The van der Waals surface area contributed by atoms with Crippen LogP contribution in [0.15, 0.2) is 109 Å². The predicted octanol–water partition coefficient (Wildman–Crippen LogP) is 1.61. The molecule has 0 atom stereocenters. The molecular formula is C30H18N3O7P. The Kier molecular flexibility index (Phi) is 6.05. The number of benzene rings is 3. The van der Waals surface area contributed by atoms with Gasteiger partial charge >= 0.3 is 0 Å². The Morgan fingerprint density at radius 1 is 0.390 bits per heavy atom. The van der Waals surface area contributed by atoms with E-state index in [1.54, 1.807) is 36.4 Å². The van der Waals surface area contributed by atoms with E-state index >= 15 is 4.57 Å². The predicted molar refractivity (Wildman–Crippen MR) is 151 cm³/mol. The number of hydrogen-bond acceptors (Lipinski definition) is 7. The van der Waals surface area contributed by atoms with E-state index in [4.69, 9.17) is 0 Å². The maximum atomic E-state index is 15.4. The number of rotatable bonds is 6. The summed E-state index contributed by atoms with van der Waals surface area (Å²) in [7, 11) is -3.91. The zero-order chi connectivity index (χ0) is 28.9. The van der Waals surface area contributed by atoms with Gasteiger partial charge in [-0.15, -0.1) is 0 Å². The van der Waals surface area contributed by atoms with E-state index in [1.165, 1.54) is 36.4 Å². The van der Waals surface area contributed by atoms with Crippen LogP contribution in [0, 0.1) is 0 Å². The number of hydrogen-bond donors (Lipinski definition) is 0. The van der Waals surface area contributed by atoms with Gasteiger partial charge in [0.25, 0.3) is 35.4 Å². The van der Waals surface area contributed by atoms with Gasteiger partial charge in [-0.2, -0.15) is 0 Å². The summed E-state index contributed by atoms with van der Waals surface area (Å²) in [5, 5.41) is 0.684. The Labute approximate surface area is 232 Å². The zero-order valence-electron chi connectivity index (χ0n) is 21.0. The molecule has 41 heavy (non-hydrogen) atoms. The van der Waals surface area contributed by atoms with Crippen molar-refractivity contribution in [3.8, 4) is 0 Å². The molecule has 0 N–H and O–H groups in total. The van der Waals surface area contributed by atoms with Gasteiger partial charge in [-0.25, -0.2) is 14.7 Å². The van der Waals surface area contributed by atoms with Crippen molar-refractivity contribution < 1.29 is 33.3 Å². The van der Waals surface area contributed by atoms with E-state index in [1.807, 2.05) is 0 Å². The number of anilines is 3. The second kappa shape index (κ2) is 9.62. The van der Waals surface area contributed by atoms with Crippen molar-refractivity contribution in [3.05, 3.63) is 109 Å².